The van der Waals surface area contributed by atoms with Gasteiger partial charge in [-0.15, -0.1) is 10.2 Å². The van der Waals surface area contributed by atoms with E-state index in [1.807, 2.05) is 29.5 Å². The lowest BCUT2D eigenvalue weighted by Gasteiger charge is -2.36. The van der Waals surface area contributed by atoms with E-state index in [0.717, 1.165) is 31.6 Å². The molecule has 6 heteroatoms. The number of carbonyl (C=O) groups is 1. The molecule has 1 aromatic carbocycles. The maximum Gasteiger partial charge on any atom is 0.318 e. The van der Waals surface area contributed by atoms with Crippen molar-refractivity contribution in [3.63, 3.8) is 0 Å². The molecule has 1 aliphatic heterocycles. The topological polar surface area (TPSA) is 63.1 Å². The second-order valence-electron chi connectivity index (χ2n) is 6.50. The second-order valence-corrected chi connectivity index (χ2v) is 6.50. The van der Waals surface area contributed by atoms with Crippen molar-refractivity contribution in [1.82, 2.24) is 25.0 Å². The number of carbonyl (C=O) groups excluding carboxylic acids is 1. The number of amides is 2. The highest BCUT2D eigenvalue weighted by atomic mass is 16.2. The lowest BCUT2D eigenvalue weighted by molar-refractivity contribution is 0.147. The molecule has 1 N–H and O–H groups in total. The maximum absolute atomic E-state index is 12.8. The van der Waals surface area contributed by atoms with Gasteiger partial charge in [-0.3, -0.25) is 0 Å². The standard InChI is InChI=1S/C18H25N5O/c1-14(17-21-19-13-22(17)2)20-18(24)23-11-7-6-10-16(23)12-15-8-4-3-5-9-15/h3-5,8-9,13-14,16H,6-7,10-12H2,1-2H3,(H,20,24)/t14-,16-/m0/s1. The molecule has 1 aromatic heterocycles. The monoisotopic (exact) mass is 327 g/mol. The Morgan fingerprint density at radius 3 is 2.83 bits per heavy atom. The summed E-state index contributed by atoms with van der Waals surface area (Å²) in [6.45, 7) is 2.76. The molecule has 1 fully saturated rings. The van der Waals surface area contributed by atoms with Gasteiger partial charge >= 0.3 is 6.03 Å². The molecule has 2 atom stereocenters. The summed E-state index contributed by atoms with van der Waals surface area (Å²) in [4.78, 5) is 14.8. The van der Waals surface area contributed by atoms with Gasteiger partial charge in [0.1, 0.15) is 6.33 Å². The van der Waals surface area contributed by atoms with E-state index < -0.39 is 0 Å². The van der Waals surface area contributed by atoms with Gasteiger partial charge < -0.3 is 14.8 Å². The minimum Gasteiger partial charge on any atom is -0.328 e. The fourth-order valence-corrected chi connectivity index (χ4v) is 3.38. The van der Waals surface area contributed by atoms with Gasteiger partial charge in [-0.25, -0.2) is 4.79 Å². The molecular weight excluding hydrogens is 302 g/mol. The molecule has 2 amide bonds. The van der Waals surface area contributed by atoms with Crippen molar-refractivity contribution in [2.24, 2.45) is 7.05 Å². The van der Waals surface area contributed by atoms with Crippen molar-refractivity contribution in [3.05, 3.63) is 48.0 Å². The second kappa shape index (κ2) is 7.47. The molecule has 0 unspecified atom stereocenters. The zero-order chi connectivity index (χ0) is 16.9. The fourth-order valence-electron chi connectivity index (χ4n) is 3.38. The van der Waals surface area contributed by atoms with E-state index in [4.69, 9.17) is 0 Å². The smallest absolute Gasteiger partial charge is 0.318 e. The van der Waals surface area contributed by atoms with Crippen LogP contribution in [0.2, 0.25) is 0 Å². The van der Waals surface area contributed by atoms with E-state index in [1.165, 1.54) is 12.0 Å². The van der Waals surface area contributed by atoms with Crippen LogP contribution in [0.3, 0.4) is 0 Å². The summed E-state index contributed by atoms with van der Waals surface area (Å²) < 4.78 is 1.84. The summed E-state index contributed by atoms with van der Waals surface area (Å²) in [5.74, 6) is 0.764. The zero-order valence-corrected chi connectivity index (χ0v) is 14.4. The molecule has 128 valence electrons. The first-order valence-corrected chi connectivity index (χ1v) is 8.60. The SMILES string of the molecule is C[C@H](NC(=O)N1CCCC[C@H]1Cc1ccccc1)c1nncn1C. The Hall–Kier alpha value is -2.37. The zero-order valence-electron chi connectivity index (χ0n) is 14.4. The number of urea groups is 1. The number of hydrogen-bond donors (Lipinski definition) is 1. The van der Waals surface area contributed by atoms with Gasteiger partial charge in [0.2, 0.25) is 0 Å². The molecule has 1 aliphatic rings. The van der Waals surface area contributed by atoms with Crippen LogP contribution < -0.4 is 5.32 Å². The molecule has 6 nitrogen and oxygen atoms in total. The van der Waals surface area contributed by atoms with Gasteiger partial charge in [-0.2, -0.15) is 0 Å². The largest absolute Gasteiger partial charge is 0.328 e. The third kappa shape index (κ3) is 3.75. The Kier molecular flexibility index (Phi) is 5.13. The third-order valence-corrected chi connectivity index (χ3v) is 4.68. The normalized spacial score (nSPS) is 19.1. The molecule has 0 saturated carbocycles. The molecule has 1 saturated heterocycles. The quantitative estimate of drug-likeness (QED) is 0.939. The number of likely N-dealkylation sites (tertiary alicyclic amines) is 1. The van der Waals surface area contributed by atoms with Crippen molar-refractivity contribution in [3.8, 4) is 0 Å². The number of nitrogens with one attached hydrogen (secondary N) is 1. The predicted octanol–water partition coefficient (Wildman–Crippen LogP) is 2.68. The van der Waals surface area contributed by atoms with Gasteiger partial charge in [0.15, 0.2) is 5.82 Å². The Bertz CT molecular complexity index is 669. The van der Waals surface area contributed by atoms with Crippen molar-refractivity contribution in [2.45, 2.75) is 44.7 Å². The molecular formula is C18H25N5O. The van der Waals surface area contributed by atoms with Crippen LogP contribution >= 0.6 is 0 Å². The van der Waals surface area contributed by atoms with Crippen molar-refractivity contribution < 1.29 is 4.79 Å². The van der Waals surface area contributed by atoms with E-state index in [1.54, 1.807) is 6.33 Å². The molecule has 0 bridgehead atoms. The number of hydrogen-bond acceptors (Lipinski definition) is 3. The summed E-state index contributed by atoms with van der Waals surface area (Å²) >= 11 is 0. The molecule has 0 radical (unpaired) electrons. The summed E-state index contributed by atoms with van der Waals surface area (Å²) in [6, 6.07) is 10.5. The van der Waals surface area contributed by atoms with Crippen LogP contribution in [0.4, 0.5) is 4.79 Å². The first-order valence-electron chi connectivity index (χ1n) is 8.60. The van der Waals surface area contributed by atoms with Gasteiger partial charge in [0, 0.05) is 19.6 Å². The number of benzene rings is 1. The number of rotatable bonds is 4. The van der Waals surface area contributed by atoms with Gasteiger partial charge in [0.25, 0.3) is 0 Å². The van der Waals surface area contributed by atoms with Crippen LogP contribution in [0.1, 0.15) is 43.6 Å². The van der Waals surface area contributed by atoms with E-state index in [2.05, 4.69) is 39.8 Å². The Morgan fingerprint density at radius 1 is 1.33 bits per heavy atom. The van der Waals surface area contributed by atoms with Crippen LogP contribution in [0.15, 0.2) is 36.7 Å². The average molecular weight is 327 g/mol. The molecule has 0 spiro atoms. The lowest BCUT2D eigenvalue weighted by Crippen LogP contribution is -2.50. The Morgan fingerprint density at radius 2 is 2.12 bits per heavy atom. The highest BCUT2D eigenvalue weighted by Gasteiger charge is 2.28. The van der Waals surface area contributed by atoms with Crippen molar-refractivity contribution in [2.75, 3.05) is 6.54 Å². The predicted molar refractivity (Wildman–Crippen MR) is 92.4 cm³/mol. The minimum atomic E-state index is -0.163. The van der Waals surface area contributed by atoms with E-state index >= 15 is 0 Å². The van der Waals surface area contributed by atoms with Crippen LogP contribution in [-0.4, -0.2) is 38.3 Å². The third-order valence-electron chi connectivity index (χ3n) is 4.68. The highest BCUT2D eigenvalue weighted by Crippen LogP contribution is 2.21. The van der Waals surface area contributed by atoms with Crippen LogP contribution in [-0.2, 0) is 13.5 Å². The minimum absolute atomic E-state index is 0.00821. The van der Waals surface area contributed by atoms with Crippen LogP contribution in [0, 0.1) is 0 Å². The first kappa shape index (κ1) is 16.5. The van der Waals surface area contributed by atoms with E-state index in [9.17, 15) is 4.79 Å². The summed E-state index contributed by atoms with van der Waals surface area (Å²) in [6.07, 6.45) is 5.86. The molecule has 0 aliphatic carbocycles. The maximum atomic E-state index is 12.8. The number of nitrogens with zero attached hydrogens (tertiary/aromatic N) is 4. The van der Waals surface area contributed by atoms with Gasteiger partial charge in [0.05, 0.1) is 6.04 Å². The lowest BCUT2D eigenvalue weighted by atomic mass is 9.96. The average Bonchev–Trinajstić information content (AvgIpc) is 3.02. The molecule has 2 aromatic rings. The van der Waals surface area contributed by atoms with E-state index in [-0.39, 0.29) is 18.1 Å². The number of piperidine rings is 1. The molecule has 2 heterocycles. The number of aryl methyl sites for hydroxylation is 1. The van der Waals surface area contributed by atoms with Gasteiger partial charge in [-0.1, -0.05) is 30.3 Å². The van der Waals surface area contributed by atoms with Crippen LogP contribution in [0.5, 0.6) is 0 Å². The summed E-state index contributed by atoms with van der Waals surface area (Å²) in [5.41, 5.74) is 1.28. The molecule has 24 heavy (non-hydrogen) atoms. The Balaban J connectivity index is 1.66. The van der Waals surface area contributed by atoms with Crippen LogP contribution in [0.25, 0.3) is 0 Å². The number of aromatic nitrogens is 3. The highest BCUT2D eigenvalue weighted by molar-refractivity contribution is 5.75. The molecule has 3 rings (SSSR count). The first-order chi connectivity index (χ1) is 11.6. The van der Waals surface area contributed by atoms with E-state index in [0.29, 0.717) is 0 Å². The summed E-state index contributed by atoms with van der Waals surface area (Å²) in [5, 5.41) is 11.0. The van der Waals surface area contributed by atoms with Crippen molar-refractivity contribution >= 4 is 6.03 Å². The van der Waals surface area contributed by atoms with Crippen molar-refractivity contribution in [1.29, 1.82) is 0 Å². The van der Waals surface area contributed by atoms with Gasteiger partial charge in [-0.05, 0) is 38.2 Å². The fraction of sp³-hybridized carbons (Fsp3) is 0.500. The Labute approximate surface area is 142 Å². The summed E-state index contributed by atoms with van der Waals surface area (Å²) in [7, 11) is 1.89.